The summed E-state index contributed by atoms with van der Waals surface area (Å²) in [7, 11) is 0. The molecule has 0 aliphatic heterocycles. The average molecular weight is 1580 g/mol. The van der Waals surface area contributed by atoms with Crippen molar-refractivity contribution >= 4 is 132 Å². The lowest BCUT2D eigenvalue weighted by Crippen LogP contribution is -2.10. The van der Waals surface area contributed by atoms with Crippen molar-refractivity contribution in [2.24, 2.45) is 0 Å². The van der Waals surface area contributed by atoms with Crippen LogP contribution in [0.2, 0.25) is 0 Å². The van der Waals surface area contributed by atoms with E-state index in [1.807, 2.05) is 0 Å². The highest BCUT2D eigenvalue weighted by molar-refractivity contribution is 6.15. The van der Waals surface area contributed by atoms with Crippen LogP contribution < -0.4 is 9.80 Å². The Hall–Kier alpha value is -16.5. The monoisotopic (exact) mass is 1580 g/mol. The molecule has 20 aromatic carbocycles. The highest BCUT2D eigenvalue weighted by atomic mass is 15.2. The minimum absolute atomic E-state index is 1.10. The van der Waals surface area contributed by atoms with E-state index in [1.165, 1.54) is 154 Å². The Morgan fingerprint density at radius 1 is 0.121 bits per heavy atom. The van der Waals surface area contributed by atoms with E-state index in [0.717, 1.165) is 56.9 Å². The smallest absolute Gasteiger partial charge is 0.0541 e. The molecule has 4 heterocycles. The van der Waals surface area contributed by atoms with E-state index in [2.05, 4.69) is 513 Å². The van der Waals surface area contributed by atoms with Gasteiger partial charge in [-0.25, -0.2) is 0 Å². The van der Waals surface area contributed by atoms with Crippen molar-refractivity contribution < 1.29 is 0 Å². The van der Waals surface area contributed by atoms with Gasteiger partial charge in [0.15, 0.2) is 0 Å². The van der Waals surface area contributed by atoms with Crippen LogP contribution in [0.1, 0.15) is 0 Å². The third kappa shape index (κ3) is 13.0. The minimum atomic E-state index is 1.10. The number of para-hydroxylation sites is 8. The van der Waals surface area contributed by atoms with Crippen LogP contribution in [0.4, 0.5) is 34.1 Å². The number of hydrogen-bond donors (Lipinski definition) is 0. The topological polar surface area (TPSA) is 26.2 Å². The fourth-order valence-electron chi connectivity index (χ4n) is 18.9. The Kier molecular flexibility index (Phi) is 18.2. The van der Waals surface area contributed by atoms with Gasteiger partial charge in [-0.1, -0.05) is 285 Å². The number of fused-ring (bicyclic) bond motifs is 13. The van der Waals surface area contributed by atoms with Crippen molar-refractivity contribution in [1.82, 2.24) is 18.3 Å². The molecule has 0 saturated carbocycles. The molecule has 0 spiro atoms. The van der Waals surface area contributed by atoms with Gasteiger partial charge >= 0.3 is 0 Å². The van der Waals surface area contributed by atoms with Gasteiger partial charge in [-0.15, -0.1) is 0 Å². The molecule has 6 nitrogen and oxygen atoms in total. The average Bonchev–Trinajstić information content (AvgIpc) is 1.61. The molecule has 0 atom stereocenters. The fourth-order valence-corrected chi connectivity index (χ4v) is 18.9. The van der Waals surface area contributed by atoms with E-state index >= 15 is 0 Å². The lowest BCUT2D eigenvalue weighted by Gasteiger charge is -2.26. The Morgan fingerprint density at radius 2 is 0.331 bits per heavy atom. The zero-order chi connectivity index (χ0) is 82.0. The largest absolute Gasteiger partial charge is 0.311 e. The lowest BCUT2D eigenvalue weighted by molar-refractivity contribution is 1.17. The summed E-state index contributed by atoms with van der Waals surface area (Å²) in [5.74, 6) is 0. The molecule has 0 amide bonds. The van der Waals surface area contributed by atoms with Crippen LogP contribution in [-0.2, 0) is 0 Å². The quantitative estimate of drug-likeness (QED) is 0.102. The van der Waals surface area contributed by atoms with Crippen LogP contribution in [0.5, 0.6) is 0 Å². The molecule has 0 N–H and O–H groups in total. The van der Waals surface area contributed by atoms with Crippen LogP contribution in [0.25, 0.3) is 176 Å². The Bertz CT molecular complexity index is 7990. The van der Waals surface area contributed by atoms with Crippen molar-refractivity contribution in [3.63, 3.8) is 0 Å². The van der Waals surface area contributed by atoms with Crippen molar-refractivity contribution in [2.45, 2.75) is 0 Å². The van der Waals surface area contributed by atoms with E-state index in [1.54, 1.807) is 0 Å². The van der Waals surface area contributed by atoms with Crippen LogP contribution in [0.15, 0.2) is 485 Å². The molecule has 24 rings (SSSR count). The predicted octanol–water partition coefficient (Wildman–Crippen LogP) is 32.2. The second-order valence-corrected chi connectivity index (χ2v) is 32.0. The SMILES string of the molecule is c1ccc(-c2ccc(-c3ccc4c(c3)c3cc(-c5ccc(N(c6ccccc6)c6ccc(-n7c8ccccc8c8ccccc87)cc6)cc5)ccc3n4-c3ccccc3)cc2)cc1.c1ccc(N(c2ccc(-c3ccc4c(c3)c3cc(-c5ccc6ccccc6c5)ccc3n4-c3ccccc3)cc2)c2ccc(-n3c4ccccc4c4ccccc43)cc2)cc1. The number of benzene rings is 20. The van der Waals surface area contributed by atoms with E-state index in [9.17, 15) is 0 Å². The summed E-state index contributed by atoms with van der Waals surface area (Å²) in [5, 5.41) is 12.5. The standard InChI is InChI=1S/C60H41N3.C58H39N3/c1-4-14-42(15-5-1)43-24-26-44(27-25-43)46-30-38-59-55(40-46)56-41-47(31-39-60(56)62(59)49-18-8-3-9-19-49)45-28-32-50(33-29-45)61(48-16-6-2-7-17-48)51-34-36-52(37-35-51)63-57-22-12-10-20-53(57)54-21-11-13-23-58(54)63;1-3-15-46(16-4-1)59(49-31-33-50(34-32-49)61-55-21-11-9-19-51(55)52-20-10-12-22-56(52)61)48-29-25-41(26-30-48)44-27-35-57-53(38-44)54-39-45(43-24-23-40-13-7-8-14-42(40)37-43)28-36-58(54)60(57)47-17-5-2-6-18-47/h1-41H;1-39H. The first-order valence-electron chi connectivity index (χ1n) is 42.5. The van der Waals surface area contributed by atoms with Gasteiger partial charge < -0.3 is 28.1 Å². The number of rotatable bonds is 15. The molecule has 0 aliphatic rings. The third-order valence-corrected chi connectivity index (χ3v) is 24.8. The summed E-state index contributed by atoms with van der Waals surface area (Å²) in [5.41, 5.74) is 32.8. The summed E-state index contributed by atoms with van der Waals surface area (Å²) in [6, 6.07) is 176. The number of anilines is 6. The van der Waals surface area contributed by atoms with E-state index < -0.39 is 0 Å². The van der Waals surface area contributed by atoms with Gasteiger partial charge in [-0.05, 0) is 267 Å². The summed E-state index contributed by atoms with van der Waals surface area (Å²) >= 11 is 0. The maximum absolute atomic E-state index is 2.39. The van der Waals surface area contributed by atoms with E-state index in [0.29, 0.717) is 0 Å². The van der Waals surface area contributed by atoms with Gasteiger partial charge in [0, 0.05) is 100.0 Å². The maximum atomic E-state index is 2.39. The molecule has 0 aliphatic carbocycles. The minimum Gasteiger partial charge on any atom is -0.311 e. The molecule has 0 bridgehead atoms. The van der Waals surface area contributed by atoms with Gasteiger partial charge in [0.25, 0.3) is 0 Å². The zero-order valence-corrected chi connectivity index (χ0v) is 67.9. The number of aromatic nitrogens is 4. The summed E-state index contributed by atoms with van der Waals surface area (Å²) in [6.45, 7) is 0. The Labute approximate surface area is 719 Å². The first-order chi connectivity index (χ1) is 61.5. The highest BCUT2D eigenvalue weighted by Gasteiger charge is 2.22. The predicted molar refractivity (Wildman–Crippen MR) is 524 cm³/mol. The van der Waals surface area contributed by atoms with Crippen molar-refractivity contribution in [3.8, 4) is 78.4 Å². The number of nitrogens with zero attached hydrogens (tertiary/aromatic N) is 6. The number of hydrogen-bond acceptors (Lipinski definition) is 2. The van der Waals surface area contributed by atoms with Gasteiger partial charge in [-0.3, -0.25) is 0 Å². The second kappa shape index (κ2) is 31.0. The molecular weight excluding hydrogens is 1500 g/mol. The first kappa shape index (κ1) is 72.7. The molecule has 124 heavy (non-hydrogen) atoms. The van der Waals surface area contributed by atoms with Crippen molar-refractivity contribution in [2.75, 3.05) is 9.80 Å². The van der Waals surface area contributed by atoms with Crippen molar-refractivity contribution in [3.05, 3.63) is 485 Å². The molecule has 0 fully saturated rings. The normalized spacial score (nSPS) is 11.5. The highest BCUT2D eigenvalue weighted by Crippen LogP contribution is 2.45. The molecule has 0 saturated heterocycles. The molecule has 582 valence electrons. The van der Waals surface area contributed by atoms with E-state index in [-0.39, 0.29) is 0 Å². The molecule has 0 unspecified atom stereocenters. The lowest BCUT2D eigenvalue weighted by atomic mass is 9.98. The van der Waals surface area contributed by atoms with E-state index in [4.69, 9.17) is 0 Å². The summed E-state index contributed by atoms with van der Waals surface area (Å²) in [4.78, 5) is 4.68. The summed E-state index contributed by atoms with van der Waals surface area (Å²) in [6.07, 6.45) is 0. The summed E-state index contributed by atoms with van der Waals surface area (Å²) < 4.78 is 9.53. The van der Waals surface area contributed by atoms with Crippen LogP contribution >= 0.6 is 0 Å². The van der Waals surface area contributed by atoms with Crippen LogP contribution in [-0.4, -0.2) is 18.3 Å². The Balaban J connectivity index is 0.000000143. The van der Waals surface area contributed by atoms with Gasteiger partial charge in [0.05, 0.1) is 44.1 Å². The fraction of sp³-hybridized carbons (Fsp3) is 0. The Morgan fingerprint density at radius 3 is 0.677 bits per heavy atom. The van der Waals surface area contributed by atoms with Gasteiger partial charge in [0.1, 0.15) is 0 Å². The molecular formula is C118H80N6. The van der Waals surface area contributed by atoms with Crippen LogP contribution in [0, 0.1) is 0 Å². The van der Waals surface area contributed by atoms with Gasteiger partial charge in [0.2, 0.25) is 0 Å². The molecule has 0 radical (unpaired) electrons. The first-order valence-corrected chi connectivity index (χ1v) is 42.5. The zero-order valence-electron chi connectivity index (χ0n) is 67.9. The second-order valence-electron chi connectivity index (χ2n) is 32.0. The van der Waals surface area contributed by atoms with Gasteiger partial charge in [-0.2, -0.15) is 0 Å². The molecule has 24 aromatic rings. The third-order valence-electron chi connectivity index (χ3n) is 24.8. The van der Waals surface area contributed by atoms with Crippen LogP contribution in [0.3, 0.4) is 0 Å². The maximum Gasteiger partial charge on any atom is 0.0541 e. The van der Waals surface area contributed by atoms with Crippen molar-refractivity contribution in [1.29, 1.82) is 0 Å². The molecule has 4 aromatic heterocycles. The molecule has 6 heteroatoms.